The molecule has 1 rings (SSSR count). The SMILES string of the molecule is O=C(NCC(O)CO)c1ccc(F)nc1. The van der Waals surface area contributed by atoms with Gasteiger partial charge in [-0.3, -0.25) is 4.79 Å². The van der Waals surface area contributed by atoms with Gasteiger partial charge < -0.3 is 15.5 Å². The lowest BCUT2D eigenvalue weighted by atomic mass is 10.2. The molecule has 1 amide bonds. The van der Waals surface area contributed by atoms with Crippen LogP contribution in [0.1, 0.15) is 10.4 Å². The molecular weight excluding hydrogens is 203 g/mol. The van der Waals surface area contributed by atoms with Crippen LogP contribution in [0, 0.1) is 5.95 Å². The predicted octanol–water partition coefficient (Wildman–Crippen LogP) is -0.696. The van der Waals surface area contributed by atoms with Crippen LogP contribution >= 0.6 is 0 Å². The fraction of sp³-hybridized carbons (Fsp3) is 0.333. The molecule has 0 aliphatic heterocycles. The molecule has 1 unspecified atom stereocenters. The third-order valence-corrected chi connectivity index (χ3v) is 1.70. The summed E-state index contributed by atoms with van der Waals surface area (Å²) in [5.74, 6) is -1.14. The van der Waals surface area contributed by atoms with Crippen molar-refractivity contribution in [2.75, 3.05) is 13.2 Å². The van der Waals surface area contributed by atoms with Crippen LogP contribution in [0.2, 0.25) is 0 Å². The maximum atomic E-state index is 12.4. The highest BCUT2D eigenvalue weighted by molar-refractivity contribution is 5.93. The number of nitrogens with one attached hydrogen (secondary N) is 1. The summed E-state index contributed by atoms with van der Waals surface area (Å²) in [6.45, 7) is -0.491. The van der Waals surface area contributed by atoms with E-state index in [4.69, 9.17) is 10.2 Å². The molecule has 0 aromatic carbocycles. The van der Waals surface area contributed by atoms with Crippen LogP contribution in [0.5, 0.6) is 0 Å². The minimum atomic E-state index is -0.998. The monoisotopic (exact) mass is 214 g/mol. The number of pyridine rings is 1. The second-order valence-electron chi connectivity index (χ2n) is 2.92. The number of carbonyl (C=O) groups is 1. The molecule has 0 aliphatic rings. The lowest BCUT2D eigenvalue weighted by molar-refractivity contribution is 0.0801. The molecule has 1 aromatic rings. The summed E-state index contributed by atoms with van der Waals surface area (Å²) in [4.78, 5) is 14.6. The zero-order chi connectivity index (χ0) is 11.3. The summed E-state index contributed by atoms with van der Waals surface area (Å²) >= 11 is 0. The highest BCUT2D eigenvalue weighted by atomic mass is 19.1. The van der Waals surface area contributed by atoms with Crippen molar-refractivity contribution < 1.29 is 19.4 Å². The molecule has 0 spiro atoms. The number of amides is 1. The number of aromatic nitrogens is 1. The lowest BCUT2D eigenvalue weighted by Crippen LogP contribution is -2.33. The molecule has 6 heteroatoms. The molecule has 0 aliphatic carbocycles. The second kappa shape index (κ2) is 5.38. The second-order valence-corrected chi connectivity index (χ2v) is 2.92. The van der Waals surface area contributed by atoms with E-state index in [0.717, 1.165) is 12.3 Å². The fourth-order valence-electron chi connectivity index (χ4n) is 0.887. The Kier molecular flexibility index (Phi) is 4.14. The average molecular weight is 214 g/mol. The molecule has 0 radical (unpaired) electrons. The normalized spacial score (nSPS) is 12.2. The molecule has 1 heterocycles. The summed E-state index contributed by atoms with van der Waals surface area (Å²) < 4.78 is 12.4. The van der Waals surface area contributed by atoms with Gasteiger partial charge in [-0.15, -0.1) is 0 Å². The molecule has 0 saturated heterocycles. The topological polar surface area (TPSA) is 82.5 Å². The van der Waals surface area contributed by atoms with E-state index >= 15 is 0 Å². The largest absolute Gasteiger partial charge is 0.394 e. The minimum absolute atomic E-state index is 0.0628. The van der Waals surface area contributed by atoms with Gasteiger partial charge in [-0.05, 0) is 12.1 Å². The highest BCUT2D eigenvalue weighted by Gasteiger charge is 2.08. The van der Waals surface area contributed by atoms with E-state index in [1.165, 1.54) is 6.07 Å². The van der Waals surface area contributed by atoms with Crippen LogP contribution in [-0.2, 0) is 0 Å². The number of rotatable bonds is 4. The molecule has 0 fully saturated rings. The van der Waals surface area contributed by atoms with Gasteiger partial charge in [-0.25, -0.2) is 4.98 Å². The van der Waals surface area contributed by atoms with Crippen LogP contribution in [0.15, 0.2) is 18.3 Å². The van der Waals surface area contributed by atoms with Gasteiger partial charge in [0.1, 0.15) is 0 Å². The molecule has 0 saturated carbocycles. The molecule has 1 atom stereocenters. The summed E-state index contributed by atoms with van der Waals surface area (Å²) in [6, 6.07) is 2.35. The van der Waals surface area contributed by atoms with Crippen LogP contribution < -0.4 is 5.32 Å². The van der Waals surface area contributed by atoms with Gasteiger partial charge in [0, 0.05) is 12.7 Å². The first-order valence-corrected chi connectivity index (χ1v) is 4.32. The van der Waals surface area contributed by atoms with E-state index in [-0.39, 0.29) is 12.1 Å². The molecule has 3 N–H and O–H groups in total. The van der Waals surface area contributed by atoms with Gasteiger partial charge in [0.2, 0.25) is 5.95 Å². The standard InChI is InChI=1S/C9H11FN2O3/c10-8-2-1-6(3-11-8)9(15)12-4-7(14)5-13/h1-3,7,13-14H,4-5H2,(H,12,15). The summed E-state index contributed by atoms with van der Waals surface area (Å²) in [5, 5.41) is 19.8. The van der Waals surface area contributed by atoms with Crippen LogP contribution in [0.3, 0.4) is 0 Å². The summed E-state index contributed by atoms with van der Waals surface area (Å²) in [6.07, 6.45) is 0.0954. The zero-order valence-corrected chi connectivity index (χ0v) is 7.85. The van der Waals surface area contributed by atoms with E-state index in [0.29, 0.717) is 0 Å². The van der Waals surface area contributed by atoms with E-state index in [1.54, 1.807) is 0 Å². The van der Waals surface area contributed by atoms with Crippen LogP contribution in [0.25, 0.3) is 0 Å². The van der Waals surface area contributed by atoms with Crippen LogP contribution in [0.4, 0.5) is 4.39 Å². The van der Waals surface area contributed by atoms with Crippen molar-refractivity contribution in [2.24, 2.45) is 0 Å². The number of aliphatic hydroxyl groups excluding tert-OH is 2. The maximum Gasteiger partial charge on any atom is 0.252 e. The van der Waals surface area contributed by atoms with Crippen molar-refractivity contribution in [1.29, 1.82) is 0 Å². The number of hydrogen-bond acceptors (Lipinski definition) is 4. The Bertz CT molecular complexity index is 329. The number of nitrogens with zero attached hydrogens (tertiary/aromatic N) is 1. The van der Waals surface area contributed by atoms with Crippen molar-refractivity contribution in [2.45, 2.75) is 6.10 Å². The first kappa shape index (κ1) is 11.5. The third kappa shape index (κ3) is 3.61. The van der Waals surface area contributed by atoms with E-state index in [2.05, 4.69) is 10.3 Å². The Morgan fingerprint density at radius 2 is 2.33 bits per heavy atom. The van der Waals surface area contributed by atoms with Gasteiger partial charge in [-0.1, -0.05) is 0 Å². The first-order valence-electron chi connectivity index (χ1n) is 4.32. The Morgan fingerprint density at radius 1 is 1.60 bits per heavy atom. The Balaban J connectivity index is 2.50. The number of aliphatic hydroxyl groups is 2. The van der Waals surface area contributed by atoms with E-state index < -0.39 is 24.6 Å². The molecule has 15 heavy (non-hydrogen) atoms. The fourth-order valence-corrected chi connectivity index (χ4v) is 0.887. The summed E-state index contributed by atoms with van der Waals surface area (Å²) in [7, 11) is 0. The number of hydrogen-bond donors (Lipinski definition) is 3. The van der Waals surface area contributed by atoms with Gasteiger partial charge in [0.05, 0.1) is 18.3 Å². The minimum Gasteiger partial charge on any atom is -0.394 e. The molecular formula is C9H11FN2O3. The van der Waals surface area contributed by atoms with Crippen molar-refractivity contribution in [3.8, 4) is 0 Å². The van der Waals surface area contributed by atoms with Crippen molar-refractivity contribution in [1.82, 2.24) is 10.3 Å². The maximum absolute atomic E-state index is 12.4. The smallest absolute Gasteiger partial charge is 0.252 e. The Hall–Kier alpha value is -1.53. The van der Waals surface area contributed by atoms with Crippen LogP contribution in [-0.4, -0.2) is 40.4 Å². The zero-order valence-electron chi connectivity index (χ0n) is 7.85. The van der Waals surface area contributed by atoms with Crippen molar-refractivity contribution in [3.05, 3.63) is 29.8 Å². The quantitative estimate of drug-likeness (QED) is 0.579. The highest BCUT2D eigenvalue weighted by Crippen LogP contribution is 1.98. The third-order valence-electron chi connectivity index (χ3n) is 1.70. The average Bonchev–Trinajstić information content (AvgIpc) is 2.26. The number of carbonyl (C=O) groups excluding carboxylic acids is 1. The molecule has 1 aromatic heterocycles. The first-order chi connectivity index (χ1) is 7.13. The molecule has 82 valence electrons. The van der Waals surface area contributed by atoms with Gasteiger partial charge >= 0.3 is 0 Å². The summed E-state index contributed by atoms with van der Waals surface area (Å²) in [5.41, 5.74) is 0.196. The number of halogens is 1. The van der Waals surface area contributed by atoms with E-state index in [1.807, 2.05) is 0 Å². The van der Waals surface area contributed by atoms with Crippen molar-refractivity contribution >= 4 is 5.91 Å². The van der Waals surface area contributed by atoms with Gasteiger partial charge in [-0.2, -0.15) is 4.39 Å². The van der Waals surface area contributed by atoms with Gasteiger partial charge in [0.15, 0.2) is 0 Å². The van der Waals surface area contributed by atoms with E-state index in [9.17, 15) is 9.18 Å². The lowest BCUT2D eigenvalue weighted by Gasteiger charge is -2.08. The molecule has 5 nitrogen and oxygen atoms in total. The Labute approximate surface area is 85.6 Å². The van der Waals surface area contributed by atoms with Crippen molar-refractivity contribution in [3.63, 3.8) is 0 Å². The predicted molar refractivity (Wildman–Crippen MR) is 49.6 cm³/mol. The van der Waals surface area contributed by atoms with Gasteiger partial charge in [0.25, 0.3) is 5.91 Å². The Morgan fingerprint density at radius 3 is 2.87 bits per heavy atom. The molecule has 0 bridgehead atoms.